The van der Waals surface area contributed by atoms with Gasteiger partial charge in [-0.1, -0.05) is 35.9 Å². The Bertz CT molecular complexity index is 1250. The second-order valence-corrected chi connectivity index (χ2v) is 11.6. The van der Waals surface area contributed by atoms with Gasteiger partial charge in [-0.15, -0.1) is 0 Å². The minimum atomic E-state index is -0.661. The summed E-state index contributed by atoms with van der Waals surface area (Å²) < 4.78 is 24.9. The Hall–Kier alpha value is -3.17. The summed E-state index contributed by atoms with van der Waals surface area (Å²) in [4.78, 5) is 45.1. The fraction of sp³-hybridized carbons (Fsp3) is 0.500. The summed E-state index contributed by atoms with van der Waals surface area (Å²) in [6, 6.07) is 12.9. The molecule has 0 saturated carbocycles. The number of halogens is 2. The summed E-state index contributed by atoms with van der Waals surface area (Å²) in [7, 11) is 0. The number of amides is 3. The van der Waals surface area contributed by atoms with E-state index in [0.29, 0.717) is 63.8 Å². The third-order valence-electron chi connectivity index (χ3n) is 8.40. The molecule has 3 fully saturated rings. The highest BCUT2D eigenvalue weighted by molar-refractivity contribution is 6.30. The van der Waals surface area contributed by atoms with Gasteiger partial charge in [0.15, 0.2) is 11.6 Å². The summed E-state index contributed by atoms with van der Waals surface area (Å²) >= 11 is 6.14. The highest BCUT2D eigenvalue weighted by Gasteiger charge is 2.46. The molecule has 2 aromatic carbocycles. The minimum absolute atomic E-state index is 0.0327. The van der Waals surface area contributed by atoms with Crippen molar-refractivity contribution in [2.75, 3.05) is 45.9 Å². The lowest BCUT2D eigenvalue weighted by Crippen LogP contribution is -2.55. The molecule has 3 aliphatic heterocycles. The van der Waals surface area contributed by atoms with Crippen molar-refractivity contribution < 1.29 is 28.2 Å². The van der Waals surface area contributed by atoms with E-state index in [2.05, 4.69) is 0 Å². The molecule has 40 heavy (non-hydrogen) atoms. The molecule has 5 rings (SSSR count). The van der Waals surface area contributed by atoms with Gasteiger partial charge in [0.2, 0.25) is 11.8 Å². The number of piperidine rings is 1. The van der Waals surface area contributed by atoms with Crippen LogP contribution in [0.5, 0.6) is 5.75 Å². The first-order chi connectivity index (χ1) is 19.2. The maximum Gasteiger partial charge on any atom is 0.415 e. The molecule has 3 saturated heterocycles. The van der Waals surface area contributed by atoms with Gasteiger partial charge in [0.1, 0.15) is 0 Å². The van der Waals surface area contributed by atoms with Gasteiger partial charge in [0, 0.05) is 49.6 Å². The molecule has 3 heterocycles. The van der Waals surface area contributed by atoms with E-state index < -0.39 is 17.3 Å². The summed E-state index contributed by atoms with van der Waals surface area (Å²) in [6.45, 7) is 6.83. The molecule has 0 spiro atoms. The summed E-state index contributed by atoms with van der Waals surface area (Å²) in [5.74, 6) is -0.989. The second kappa shape index (κ2) is 11.7. The Balaban J connectivity index is 1.30. The Morgan fingerprint density at radius 2 is 1.73 bits per heavy atom. The van der Waals surface area contributed by atoms with E-state index in [1.54, 1.807) is 23.1 Å². The molecule has 0 radical (unpaired) electrons. The number of likely N-dealkylation sites (tertiary alicyclic amines) is 2. The molecule has 0 aromatic heterocycles. The van der Waals surface area contributed by atoms with Gasteiger partial charge in [0.25, 0.3) is 0 Å². The summed E-state index contributed by atoms with van der Waals surface area (Å²) in [6.07, 6.45) is 0.536. The first-order valence-electron chi connectivity index (χ1n) is 13.8. The number of carbonyl (C=O) groups excluding carboxylic acids is 3. The van der Waals surface area contributed by atoms with E-state index in [1.807, 2.05) is 35.8 Å². The van der Waals surface area contributed by atoms with E-state index in [1.165, 1.54) is 18.2 Å². The Kier molecular flexibility index (Phi) is 8.33. The molecule has 0 N–H and O–H groups in total. The number of para-hydroxylation sites is 1. The molecule has 2 atom stereocenters. The van der Waals surface area contributed by atoms with Crippen molar-refractivity contribution in [3.8, 4) is 5.75 Å². The van der Waals surface area contributed by atoms with E-state index in [9.17, 15) is 18.8 Å². The third kappa shape index (κ3) is 5.67. The van der Waals surface area contributed by atoms with Gasteiger partial charge in [-0.25, -0.2) is 9.18 Å². The highest BCUT2D eigenvalue weighted by Crippen LogP contribution is 2.36. The molecule has 214 valence electrons. The lowest BCUT2D eigenvalue weighted by Gasteiger charge is -2.42. The van der Waals surface area contributed by atoms with Gasteiger partial charge in [0.05, 0.1) is 24.7 Å². The molecule has 8 nitrogen and oxygen atoms in total. The number of rotatable bonds is 6. The van der Waals surface area contributed by atoms with Crippen LogP contribution in [-0.2, 0) is 14.3 Å². The fourth-order valence-corrected chi connectivity index (χ4v) is 6.13. The van der Waals surface area contributed by atoms with Crippen LogP contribution in [0.25, 0.3) is 0 Å². The van der Waals surface area contributed by atoms with E-state index in [0.717, 1.165) is 5.56 Å². The minimum Gasteiger partial charge on any atom is -0.407 e. The zero-order chi connectivity index (χ0) is 28.4. The number of likely N-dealkylation sites (N-methyl/N-ethyl adjacent to an activating group) is 1. The average Bonchev–Trinajstić information content (AvgIpc) is 3.38. The normalized spacial score (nSPS) is 22.5. The number of ether oxygens (including phenoxy) is 2. The molecule has 10 heteroatoms. The predicted octanol–water partition coefficient (Wildman–Crippen LogP) is 4.57. The first kappa shape index (κ1) is 28.4. The molecular formula is C30H35ClFN3O5. The first-order valence-corrected chi connectivity index (χ1v) is 14.2. The van der Waals surface area contributed by atoms with Crippen molar-refractivity contribution in [3.05, 3.63) is 64.9 Å². The fourth-order valence-electron chi connectivity index (χ4n) is 6.00. The Morgan fingerprint density at radius 3 is 2.33 bits per heavy atom. The van der Waals surface area contributed by atoms with Crippen molar-refractivity contribution in [2.45, 2.75) is 38.6 Å². The second-order valence-electron chi connectivity index (χ2n) is 11.2. The van der Waals surface area contributed by atoms with E-state index in [4.69, 9.17) is 21.1 Å². The predicted molar refractivity (Wildman–Crippen MR) is 148 cm³/mol. The van der Waals surface area contributed by atoms with Gasteiger partial charge in [-0.2, -0.15) is 0 Å². The van der Waals surface area contributed by atoms with E-state index in [-0.39, 0.29) is 35.4 Å². The number of nitrogens with zero attached hydrogens (tertiary/aromatic N) is 3. The zero-order valence-corrected chi connectivity index (χ0v) is 23.6. The van der Waals surface area contributed by atoms with Crippen LogP contribution in [0, 0.1) is 17.2 Å². The Morgan fingerprint density at radius 1 is 1.05 bits per heavy atom. The van der Waals surface area contributed by atoms with Crippen LogP contribution in [0.3, 0.4) is 0 Å². The van der Waals surface area contributed by atoms with Crippen molar-refractivity contribution in [1.29, 1.82) is 0 Å². The SMILES string of the molecule is CCN(C(=O)Oc1ccccc1F)[C@@H]1CN(C(=O)C2CCN(C(=O)C3(C)COC3)CC2)C[C@H]1c1ccc(Cl)cc1. The molecule has 3 aliphatic rings. The van der Waals surface area contributed by atoms with Crippen LogP contribution >= 0.6 is 11.6 Å². The van der Waals surface area contributed by atoms with Crippen LogP contribution in [0.4, 0.5) is 9.18 Å². The third-order valence-corrected chi connectivity index (χ3v) is 8.65. The summed E-state index contributed by atoms with van der Waals surface area (Å²) in [5, 5.41) is 0.598. The lowest BCUT2D eigenvalue weighted by molar-refractivity contribution is -0.170. The molecule has 3 amide bonds. The zero-order valence-electron chi connectivity index (χ0n) is 22.9. The number of carbonyl (C=O) groups is 3. The maximum atomic E-state index is 14.2. The van der Waals surface area contributed by atoms with Crippen LogP contribution in [0.2, 0.25) is 5.02 Å². The smallest absolute Gasteiger partial charge is 0.407 e. The number of benzene rings is 2. The number of hydrogen-bond acceptors (Lipinski definition) is 5. The van der Waals surface area contributed by atoms with Gasteiger partial charge in [-0.05, 0) is 56.5 Å². The van der Waals surface area contributed by atoms with E-state index >= 15 is 0 Å². The molecule has 2 aromatic rings. The largest absolute Gasteiger partial charge is 0.415 e. The summed E-state index contributed by atoms with van der Waals surface area (Å²) in [5.41, 5.74) is 0.504. The van der Waals surface area contributed by atoms with Gasteiger partial charge < -0.3 is 24.2 Å². The number of hydrogen-bond donors (Lipinski definition) is 0. The van der Waals surface area contributed by atoms with Crippen LogP contribution in [0.15, 0.2) is 48.5 Å². The average molecular weight is 572 g/mol. The van der Waals surface area contributed by atoms with Gasteiger partial charge >= 0.3 is 6.09 Å². The standard InChI is InChI=1S/C30H35ClFN3O5/c1-3-35(29(38)40-26-7-5-4-6-24(26)32)25-17-34(16-23(25)20-8-10-22(31)11-9-20)27(36)21-12-14-33(15-13-21)28(37)30(2)18-39-19-30/h4-11,21,23,25H,3,12-19H2,1-2H3/t23-,25+/m0/s1. The quantitative estimate of drug-likeness (QED) is 0.507. The highest BCUT2D eigenvalue weighted by atomic mass is 35.5. The van der Waals surface area contributed by atoms with Gasteiger partial charge in [-0.3, -0.25) is 9.59 Å². The van der Waals surface area contributed by atoms with Crippen LogP contribution in [0.1, 0.15) is 38.2 Å². The maximum absolute atomic E-state index is 14.2. The van der Waals surface area contributed by atoms with Crippen LogP contribution < -0.4 is 4.74 Å². The molecule has 0 aliphatic carbocycles. The topological polar surface area (TPSA) is 79.4 Å². The van der Waals surface area contributed by atoms with Crippen molar-refractivity contribution in [2.24, 2.45) is 11.3 Å². The van der Waals surface area contributed by atoms with Crippen molar-refractivity contribution in [3.63, 3.8) is 0 Å². The van der Waals surface area contributed by atoms with Crippen molar-refractivity contribution >= 4 is 29.5 Å². The Labute approximate surface area is 238 Å². The molecule has 0 bridgehead atoms. The monoisotopic (exact) mass is 571 g/mol. The molecule has 0 unspecified atom stereocenters. The molecular weight excluding hydrogens is 537 g/mol. The lowest BCUT2D eigenvalue weighted by atomic mass is 9.85. The van der Waals surface area contributed by atoms with Crippen LogP contribution in [-0.4, -0.2) is 84.6 Å². The van der Waals surface area contributed by atoms with Crippen molar-refractivity contribution in [1.82, 2.24) is 14.7 Å².